The van der Waals surface area contributed by atoms with E-state index in [1.165, 1.54) is 0 Å². The smallest absolute Gasteiger partial charge is 0.0693 e. The fourth-order valence-corrected chi connectivity index (χ4v) is 3.17. The molecule has 0 aromatic heterocycles. The van der Waals surface area contributed by atoms with Crippen LogP contribution in [0.15, 0.2) is 18.2 Å². The van der Waals surface area contributed by atoms with Gasteiger partial charge in [0, 0.05) is 0 Å². The van der Waals surface area contributed by atoms with E-state index in [4.69, 9.17) is 23.2 Å². The van der Waals surface area contributed by atoms with E-state index < -0.39 is 0 Å². The van der Waals surface area contributed by atoms with E-state index in [2.05, 4.69) is 19.9 Å². The lowest BCUT2D eigenvalue weighted by molar-refractivity contribution is 0.146. The second-order valence-corrected chi connectivity index (χ2v) is 7.23. The van der Waals surface area contributed by atoms with Crippen LogP contribution in [0.1, 0.15) is 45.1 Å². The summed E-state index contributed by atoms with van der Waals surface area (Å²) in [5, 5.41) is 10.8. The van der Waals surface area contributed by atoms with Crippen LogP contribution in [0, 0.1) is 22.2 Å². The van der Waals surface area contributed by atoms with Gasteiger partial charge in [-0.2, -0.15) is 5.26 Å². The first kappa shape index (κ1) is 14.7. The summed E-state index contributed by atoms with van der Waals surface area (Å²) in [5.41, 5.74) is 1.08. The van der Waals surface area contributed by atoms with E-state index in [0.717, 1.165) is 31.2 Å². The van der Waals surface area contributed by atoms with Crippen molar-refractivity contribution in [3.63, 3.8) is 0 Å². The molecule has 102 valence electrons. The van der Waals surface area contributed by atoms with Crippen LogP contribution in [-0.4, -0.2) is 0 Å². The maximum Gasteiger partial charge on any atom is 0.0693 e. The summed E-state index contributed by atoms with van der Waals surface area (Å²) >= 11 is 12.3. The minimum atomic E-state index is -0.274. The fourth-order valence-electron chi connectivity index (χ4n) is 2.78. The molecular weight excluding hydrogens is 277 g/mol. The van der Waals surface area contributed by atoms with Gasteiger partial charge < -0.3 is 0 Å². The predicted octanol–water partition coefficient (Wildman–Crippen LogP) is 5.65. The van der Waals surface area contributed by atoms with Crippen LogP contribution >= 0.6 is 23.2 Å². The topological polar surface area (TPSA) is 23.8 Å². The van der Waals surface area contributed by atoms with E-state index in [-0.39, 0.29) is 5.41 Å². The van der Waals surface area contributed by atoms with Gasteiger partial charge in [0.05, 0.1) is 21.5 Å². The molecule has 0 saturated heterocycles. The molecule has 0 atom stereocenters. The largest absolute Gasteiger partial charge is 0.198 e. The van der Waals surface area contributed by atoms with Crippen molar-refractivity contribution >= 4 is 23.2 Å². The number of hydrogen-bond donors (Lipinski definition) is 0. The lowest BCUT2D eigenvalue weighted by atomic mass is 9.64. The molecule has 0 unspecified atom stereocenters. The Balaban J connectivity index is 2.21. The Morgan fingerprint density at radius 3 is 2.37 bits per heavy atom. The van der Waals surface area contributed by atoms with Gasteiger partial charge in [-0.25, -0.2) is 0 Å². The average molecular weight is 296 g/mol. The zero-order valence-electron chi connectivity index (χ0n) is 11.5. The van der Waals surface area contributed by atoms with E-state index in [1.54, 1.807) is 6.07 Å². The molecule has 0 aliphatic heterocycles. The number of benzene rings is 1. The van der Waals surface area contributed by atoms with Gasteiger partial charge in [-0.1, -0.05) is 49.2 Å². The second kappa shape index (κ2) is 5.35. The summed E-state index contributed by atoms with van der Waals surface area (Å²) in [6.45, 7) is 4.56. The molecule has 19 heavy (non-hydrogen) atoms. The Bertz CT molecular complexity index is 504. The quantitative estimate of drug-likeness (QED) is 0.692. The molecule has 0 N–H and O–H groups in total. The van der Waals surface area contributed by atoms with Gasteiger partial charge in [0.25, 0.3) is 0 Å². The third-order valence-electron chi connectivity index (χ3n) is 4.36. The number of halogens is 2. The number of hydrogen-bond acceptors (Lipinski definition) is 1. The summed E-state index contributed by atoms with van der Waals surface area (Å²) in [7, 11) is 0. The van der Waals surface area contributed by atoms with Gasteiger partial charge in [0.15, 0.2) is 0 Å². The van der Waals surface area contributed by atoms with Gasteiger partial charge >= 0.3 is 0 Å². The third kappa shape index (κ3) is 3.25. The van der Waals surface area contributed by atoms with Crippen molar-refractivity contribution in [2.75, 3.05) is 0 Å². The minimum Gasteiger partial charge on any atom is -0.198 e. The summed E-state index contributed by atoms with van der Waals surface area (Å²) in [4.78, 5) is 0. The lowest BCUT2D eigenvalue weighted by Crippen LogP contribution is -2.32. The molecule has 1 saturated carbocycles. The van der Waals surface area contributed by atoms with Crippen LogP contribution in [0.25, 0.3) is 0 Å². The van der Waals surface area contributed by atoms with Crippen LogP contribution in [0.4, 0.5) is 0 Å². The van der Waals surface area contributed by atoms with Crippen molar-refractivity contribution in [1.29, 1.82) is 5.26 Å². The molecule has 1 aromatic rings. The van der Waals surface area contributed by atoms with Crippen LogP contribution in [0.5, 0.6) is 0 Å². The molecule has 0 spiro atoms. The van der Waals surface area contributed by atoms with E-state index >= 15 is 0 Å². The highest BCUT2D eigenvalue weighted by Crippen LogP contribution is 2.47. The van der Waals surface area contributed by atoms with E-state index in [9.17, 15) is 5.26 Å². The summed E-state index contributed by atoms with van der Waals surface area (Å²) in [6, 6.07) is 8.22. The normalized spacial score (nSPS) is 20.8. The first-order valence-corrected chi connectivity index (χ1v) is 7.47. The second-order valence-electron chi connectivity index (χ2n) is 6.45. The zero-order valence-corrected chi connectivity index (χ0v) is 13.0. The van der Waals surface area contributed by atoms with Crippen LogP contribution < -0.4 is 0 Å². The van der Waals surface area contributed by atoms with Gasteiger partial charge in [-0.3, -0.25) is 0 Å². The molecule has 1 nitrogen and oxygen atoms in total. The summed E-state index contributed by atoms with van der Waals surface area (Å²) in [6.07, 6.45) is 4.79. The Hall–Kier alpha value is -0.710. The maximum absolute atomic E-state index is 9.61. The standard InChI is InChI=1S/C16H19Cl2N/c1-15(2)6-8-16(11-19,9-7-15)10-12-4-3-5-13(17)14(12)18/h3-5H,6-10H2,1-2H3. The van der Waals surface area contributed by atoms with E-state index in [0.29, 0.717) is 21.9 Å². The highest BCUT2D eigenvalue weighted by molar-refractivity contribution is 6.42. The minimum absolute atomic E-state index is 0.274. The Morgan fingerprint density at radius 1 is 1.16 bits per heavy atom. The highest BCUT2D eigenvalue weighted by atomic mass is 35.5. The molecule has 2 rings (SSSR count). The van der Waals surface area contributed by atoms with Crippen LogP contribution in [0.2, 0.25) is 10.0 Å². The van der Waals surface area contributed by atoms with Crippen LogP contribution in [-0.2, 0) is 6.42 Å². The molecular formula is C16H19Cl2N. The number of nitrogens with zero attached hydrogens (tertiary/aromatic N) is 1. The average Bonchev–Trinajstić information content (AvgIpc) is 2.38. The number of nitriles is 1. The van der Waals surface area contributed by atoms with Crippen molar-refractivity contribution in [3.05, 3.63) is 33.8 Å². The third-order valence-corrected chi connectivity index (χ3v) is 5.22. The maximum atomic E-state index is 9.61. The first-order valence-electron chi connectivity index (χ1n) is 6.72. The Kier molecular flexibility index (Phi) is 4.14. The molecule has 1 aliphatic carbocycles. The molecule has 0 bridgehead atoms. The van der Waals surface area contributed by atoms with Crippen molar-refractivity contribution in [2.24, 2.45) is 10.8 Å². The van der Waals surface area contributed by atoms with Crippen molar-refractivity contribution in [3.8, 4) is 6.07 Å². The summed E-state index contributed by atoms with van der Waals surface area (Å²) < 4.78 is 0. The van der Waals surface area contributed by atoms with Gasteiger partial charge in [-0.05, 0) is 49.1 Å². The summed E-state index contributed by atoms with van der Waals surface area (Å²) in [5.74, 6) is 0. The predicted molar refractivity (Wildman–Crippen MR) is 80.5 cm³/mol. The monoisotopic (exact) mass is 295 g/mol. The molecule has 0 amide bonds. The molecule has 3 heteroatoms. The van der Waals surface area contributed by atoms with Crippen molar-refractivity contribution in [2.45, 2.75) is 46.0 Å². The van der Waals surface area contributed by atoms with Gasteiger partial charge in [0.1, 0.15) is 0 Å². The highest BCUT2D eigenvalue weighted by Gasteiger charge is 2.39. The molecule has 0 heterocycles. The Morgan fingerprint density at radius 2 is 1.79 bits per heavy atom. The van der Waals surface area contributed by atoms with Gasteiger partial charge in [0.2, 0.25) is 0 Å². The van der Waals surface area contributed by atoms with Gasteiger partial charge in [-0.15, -0.1) is 0 Å². The zero-order chi connectivity index (χ0) is 14.1. The molecule has 1 fully saturated rings. The Labute approximate surface area is 125 Å². The SMILES string of the molecule is CC1(C)CCC(C#N)(Cc2cccc(Cl)c2Cl)CC1. The van der Waals surface area contributed by atoms with E-state index in [1.807, 2.05) is 12.1 Å². The van der Waals surface area contributed by atoms with Crippen molar-refractivity contribution < 1.29 is 0 Å². The first-order chi connectivity index (χ1) is 8.87. The van der Waals surface area contributed by atoms with Crippen LogP contribution in [0.3, 0.4) is 0 Å². The number of rotatable bonds is 2. The lowest BCUT2D eigenvalue weighted by Gasteiger charge is -2.39. The molecule has 0 radical (unpaired) electrons. The van der Waals surface area contributed by atoms with Crippen molar-refractivity contribution in [1.82, 2.24) is 0 Å². The molecule has 1 aliphatic rings. The molecule has 1 aromatic carbocycles. The fraction of sp³-hybridized carbons (Fsp3) is 0.562.